The molecule has 0 saturated carbocycles. The molecule has 1 aromatic carbocycles. The number of rotatable bonds is 4. The lowest BCUT2D eigenvalue weighted by molar-refractivity contribution is -0.114. The first-order valence-electron chi connectivity index (χ1n) is 7.37. The molecule has 0 radical (unpaired) electrons. The van der Waals surface area contributed by atoms with Gasteiger partial charge in [-0.3, -0.25) is 4.79 Å². The number of nitrogens with zero attached hydrogens (tertiary/aromatic N) is 1. The summed E-state index contributed by atoms with van der Waals surface area (Å²) in [7, 11) is 0. The smallest absolute Gasteiger partial charge is 0.246 e. The minimum Gasteiger partial charge on any atom is -0.378 e. The number of nitrogens with two attached hydrogens (primary N) is 1. The first kappa shape index (κ1) is 14.5. The highest BCUT2D eigenvalue weighted by Gasteiger charge is 2.12. The number of carbonyl (C=O) groups is 1. The summed E-state index contributed by atoms with van der Waals surface area (Å²) < 4.78 is 5.36. The normalized spacial score (nSPS) is 18.1. The lowest BCUT2D eigenvalue weighted by Crippen LogP contribution is -2.36. The van der Waals surface area contributed by atoms with Crippen LogP contribution in [0.5, 0.6) is 0 Å². The number of amides is 1. The van der Waals surface area contributed by atoms with Gasteiger partial charge in [-0.05, 0) is 36.4 Å². The Kier molecular flexibility index (Phi) is 4.29. The lowest BCUT2D eigenvalue weighted by atomic mass is 10.2. The maximum Gasteiger partial charge on any atom is 0.246 e. The average Bonchev–Trinajstić information content (AvgIpc) is 2.57. The summed E-state index contributed by atoms with van der Waals surface area (Å²) in [6, 6.07) is 8.28. The number of nitrogens with one attached hydrogen (secondary N) is 2. The van der Waals surface area contributed by atoms with Crippen molar-refractivity contribution in [3.05, 3.63) is 47.8 Å². The van der Waals surface area contributed by atoms with Crippen LogP contribution in [0.25, 0.3) is 0 Å². The molecule has 116 valence electrons. The maximum absolute atomic E-state index is 11.1. The first-order valence-corrected chi connectivity index (χ1v) is 7.37. The molecule has 0 bridgehead atoms. The number of primary amides is 1. The largest absolute Gasteiger partial charge is 0.378 e. The summed E-state index contributed by atoms with van der Waals surface area (Å²) in [5, 5.41) is 6.41. The monoisotopic (exact) mass is 300 g/mol. The second-order valence-corrected chi connectivity index (χ2v) is 5.26. The molecule has 6 heteroatoms. The van der Waals surface area contributed by atoms with Crippen LogP contribution in [0, 0.1) is 0 Å². The molecule has 0 aliphatic carbocycles. The molecule has 0 spiro atoms. The zero-order valence-electron chi connectivity index (χ0n) is 12.3. The Bertz CT molecular complexity index is 601. The molecule has 2 heterocycles. The van der Waals surface area contributed by atoms with Crippen LogP contribution in [0.3, 0.4) is 0 Å². The molecule has 22 heavy (non-hydrogen) atoms. The third kappa shape index (κ3) is 3.40. The number of carbonyl (C=O) groups excluding carboxylic acids is 1. The number of dihydropyridines is 1. The van der Waals surface area contributed by atoms with Crippen molar-refractivity contribution >= 4 is 17.3 Å². The summed E-state index contributed by atoms with van der Waals surface area (Å²) in [4.78, 5) is 13.4. The minimum atomic E-state index is -0.391. The molecule has 1 aromatic rings. The molecule has 2 aliphatic heterocycles. The van der Waals surface area contributed by atoms with Gasteiger partial charge in [-0.1, -0.05) is 0 Å². The van der Waals surface area contributed by atoms with Crippen molar-refractivity contribution in [2.75, 3.05) is 43.1 Å². The third-order valence-corrected chi connectivity index (χ3v) is 3.76. The van der Waals surface area contributed by atoms with Crippen molar-refractivity contribution in [2.24, 2.45) is 5.73 Å². The van der Waals surface area contributed by atoms with Gasteiger partial charge in [0.15, 0.2) is 0 Å². The Morgan fingerprint density at radius 1 is 1.18 bits per heavy atom. The Morgan fingerprint density at radius 2 is 1.91 bits per heavy atom. The topological polar surface area (TPSA) is 79.6 Å². The second kappa shape index (κ2) is 6.53. The van der Waals surface area contributed by atoms with Crippen molar-refractivity contribution in [1.29, 1.82) is 0 Å². The number of morpholine rings is 1. The number of hydrogen-bond acceptors (Lipinski definition) is 5. The molecular weight excluding hydrogens is 280 g/mol. The van der Waals surface area contributed by atoms with Crippen LogP contribution in [-0.2, 0) is 9.53 Å². The highest BCUT2D eigenvalue weighted by molar-refractivity contribution is 5.93. The predicted octanol–water partition coefficient (Wildman–Crippen LogP) is 0.791. The molecule has 2 aliphatic rings. The van der Waals surface area contributed by atoms with Gasteiger partial charge in [-0.15, -0.1) is 0 Å². The molecule has 0 atom stereocenters. The van der Waals surface area contributed by atoms with E-state index in [9.17, 15) is 4.79 Å². The fraction of sp³-hybridized carbons (Fsp3) is 0.312. The van der Waals surface area contributed by atoms with Crippen LogP contribution in [-0.4, -0.2) is 38.8 Å². The number of benzene rings is 1. The lowest BCUT2D eigenvalue weighted by Gasteiger charge is -2.29. The molecule has 0 unspecified atom stereocenters. The summed E-state index contributed by atoms with van der Waals surface area (Å²) >= 11 is 0. The van der Waals surface area contributed by atoms with E-state index in [0.717, 1.165) is 37.8 Å². The van der Waals surface area contributed by atoms with Crippen LogP contribution >= 0.6 is 0 Å². The van der Waals surface area contributed by atoms with Gasteiger partial charge in [0.25, 0.3) is 0 Å². The summed E-state index contributed by atoms with van der Waals surface area (Å²) in [6.45, 7) is 3.87. The molecule has 4 N–H and O–H groups in total. The van der Waals surface area contributed by atoms with Crippen LogP contribution in [0.1, 0.15) is 0 Å². The first-order chi connectivity index (χ1) is 10.7. The molecule has 1 fully saturated rings. The number of anilines is 2. The Labute approximate surface area is 129 Å². The van der Waals surface area contributed by atoms with Crippen LogP contribution in [0.2, 0.25) is 0 Å². The van der Waals surface area contributed by atoms with E-state index in [0.29, 0.717) is 12.1 Å². The van der Waals surface area contributed by atoms with Crippen molar-refractivity contribution in [3.63, 3.8) is 0 Å². The minimum absolute atomic E-state index is 0.391. The van der Waals surface area contributed by atoms with Crippen molar-refractivity contribution in [1.82, 2.24) is 5.32 Å². The van der Waals surface area contributed by atoms with Gasteiger partial charge in [0.1, 0.15) is 5.82 Å². The molecule has 3 rings (SSSR count). The molecule has 6 nitrogen and oxygen atoms in total. The summed E-state index contributed by atoms with van der Waals surface area (Å²) in [6.07, 6.45) is 3.56. The summed E-state index contributed by atoms with van der Waals surface area (Å²) in [5.74, 6) is 0.460. The average molecular weight is 300 g/mol. The van der Waals surface area contributed by atoms with Gasteiger partial charge in [-0.25, -0.2) is 0 Å². The van der Waals surface area contributed by atoms with E-state index in [-0.39, 0.29) is 0 Å². The Morgan fingerprint density at radius 3 is 2.50 bits per heavy atom. The highest BCUT2D eigenvalue weighted by Crippen LogP contribution is 2.20. The van der Waals surface area contributed by atoms with Gasteiger partial charge in [0.2, 0.25) is 5.91 Å². The van der Waals surface area contributed by atoms with Crippen molar-refractivity contribution in [3.8, 4) is 0 Å². The Balaban J connectivity index is 1.63. The second-order valence-electron chi connectivity index (χ2n) is 5.26. The number of allylic oxidation sites excluding steroid dienone is 2. The zero-order chi connectivity index (χ0) is 15.4. The molecule has 1 saturated heterocycles. The SMILES string of the molecule is NC(=O)C1=CC=C(Nc2ccc(N3CCOCC3)cc2)NC1. The van der Waals surface area contributed by atoms with Crippen LogP contribution in [0.4, 0.5) is 11.4 Å². The van der Waals surface area contributed by atoms with E-state index in [4.69, 9.17) is 10.5 Å². The standard InChI is InChI=1S/C16H20N4O2/c17-16(21)12-1-6-15(18-11-12)19-13-2-4-14(5-3-13)20-7-9-22-10-8-20/h1-6,18-19H,7-11H2,(H2,17,21). The van der Waals surface area contributed by atoms with Gasteiger partial charge in [0.05, 0.1) is 13.2 Å². The molecule has 1 amide bonds. The number of hydrogen-bond donors (Lipinski definition) is 3. The van der Waals surface area contributed by atoms with Crippen LogP contribution < -0.4 is 21.3 Å². The van der Waals surface area contributed by atoms with Gasteiger partial charge < -0.3 is 26.0 Å². The van der Waals surface area contributed by atoms with Crippen LogP contribution in [0.15, 0.2) is 47.8 Å². The van der Waals surface area contributed by atoms with Gasteiger partial charge in [0, 0.05) is 36.6 Å². The number of ether oxygens (including phenoxy) is 1. The van der Waals surface area contributed by atoms with E-state index < -0.39 is 5.91 Å². The van der Waals surface area contributed by atoms with E-state index in [1.165, 1.54) is 5.69 Å². The fourth-order valence-electron chi connectivity index (χ4n) is 2.48. The molecule has 0 aromatic heterocycles. The fourth-order valence-corrected chi connectivity index (χ4v) is 2.48. The predicted molar refractivity (Wildman–Crippen MR) is 86.5 cm³/mol. The van der Waals surface area contributed by atoms with E-state index in [1.54, 1.807) is 6.08 Å². The van der Waals surface area contributed by atoms with Gasteiger partial charge >= 0.3 is 0 Å². The zero-order valence-corrected chi connectivity index (χ0v) is 12.3. The third-order valence-electron chi connectivity index (χ3n) is 3.76. The highest BCUT2D eigenvalue weighted by atomic mass is 16.5. The molecular formula is C16H20N4O2. The maximum atomic E-state index is 11.1. The van der Waals surface area contributed by atoms with Crippen molar-refractivity contribution in [2.45, 2.75) is 0 Å². The van der Waals surface area contributed by atoms with E-state index >= 15 is 0 Å². The summed E-state index contributed by atoms with van der Waals surface area (Å²) in [5.41, 5.74) is 8.02. The van der Waals surface area contributed by atoms with E-state index in [1.807, 2.05) is 18.2 Å². The quantitative estimate of drug-likeness (QED) is 0.766. The Hall–Kier alpha value is -2.47. The van der Waals surface area contributed by atoms with Crippen molar-refractivity contribution < 1.29 is 9.53 Å². The van der Waals surface area contributed by atoms with Gasteiger partial charge in [-0.2, -0.15) is 0 Å². The van der Waals surface area contributed by atoms with E-state index in [2.05, 4.69) is 27.7 Å².